The first-order chi connectivity index (χ1) is 30.0. The predicted octanol–water partition coefficient (Wildman–Crippen LogP) is 15.8. The summed E-state index contributed by atoms with van der Waals surface area (Å²) in [6.45, 7) is 6.36. The Morgan fingerprint density at radius 1 is 0.492 bits per heavy atom. The number of carbonyl (C=O) groups is 2. The van der Waals surface area contributed by atoms with Crippen molar-refractivity contribution in [3.63, 3.8) is 0 Å². The summed E-state index contributed by atoms with van der Waals surface area (Å²) in [5.41, 5.74) is 0. The number of esters is 1. The van der Waals surface area contributed by atoms with Gasteiger partial charge < -0.3 is 20.3 Å². The molecule has 0 aromatic rings. The molecule has 356 valence electrons. The molecule has 0 radical (unpaired) electrons. The van der Waals surface area contributed by atoms with Gasteiger partial charge in [0, 0.05) is 6.42 Å². The molecule has 0 bridgehead atoms. The molecule has 1 amide bonds. The topological polar surface area (TPSA) is 95.9 Å². The predicted molar refractivity (Wildman–Crippen MR) is 264 cm³/mol. The fraction of sp³-hybridized carbons (Fsp3) is 0.818. The van der Waals surface area contributed by atoms with E-state index in [0.29, 0.717) is 19.3 Å². The summed E-state index contributed by atoms with van der Waals surface area (Å²) in [5.74, 6) is -0.501. The fourth-order valence-electron chi connectivity index (χ4n) is 7.91. The Hall–Kier alpha value is -2.18. The number of carbonyl (C=O) groups excluding carboxylic acids is 2. The van der Waals surface area contributed by atoms with E-state index >= 15 is 0 Å². The molecular weight excluding hydrogens is 755 g/mol. The third-order valence-corrected chi connectivity index (χ3v) is 11.9. The van der Waals surface area contributed by atoms with Gasteiger partial charge >= 0.3 is 5.97 Å². The van der Waals surface area contributed by atoms with Gasteiger partial charge in [0.2, 0.25) is 5.91 Å². The Morgan fingerprint density at radius 3 is 1.36 bits per heavy atom. The quantitative estimate of drug-likeness (QED) is 0.0322. The van der Waals surface area contributed by atoms with Crippen LogP contribution in [-0.2, 0) is 14.3 Å². The Bertz CT molecular complexity index is 1050. The van der Waals surface area contributed by atoms with Gasteiger partial charge in [0.05, 0.1) is 25.2 Å². The van der Waals surface area contributed by atoms with Gasteiger partial charge in [0.25, 0.3) is 0 Å². The summed E-state index contributed by atoms with van der Waals surface area (Å²) in [7, 11) is 0. The Balaban J connectivity index is 4.58. The van der Waals surface area contributed by atoms with Gasteiger partial charge in [0.15, 0.2) is 0 Å². The first-order valence-electron chi connectivity index (χ1n) is 26.4. The highest BCUT2D eigenvalue weighted by Crippen LogP contribution is 2.17. The maximum Gasteiger partial charge on any atom is 0.306 e. The summed E-state index contributed by atoms with van der Waals surface area (Å²) in [6.07, 6.45) is 58.9. The van der Waals surface area contributed by atoms with Crippen LogP contribution in [0.25, 0.3) is 0 Å². The summed E-state index contributed by atoms with van der Waals surface area (Å²) < 4.78 is 5.93. The highest BCUT2D eigenvalue weighted by Gasteiger charge is 2.24. The fourth-order valence-corrected chi connectivity index (χ4v) is 7.91. The second kappa shape index (κ2) is 48.8. The van der Waals surface area contributed by atoms with Crippen molar-refractivity contribution in [2.45, 2.75) is 283 Å². The van der Waals surface area contributed by atoms with Crippen molar-refractivity contribution < 1.29 is 24.5 Å². The standard InChI is InChI=1S/C55H101NO5/c1-4-7-10-13-16-19-22-24-26-27-28-29-31-33-36-39-42-45-48-55(60)61-51(46-43-40-37-34-32-30-25-23-20-17-14-11-8-5-2)49-54(59)56-52(50-57)53(58)47-44-41-38-35-21-18-15-12-9-6-3/h8,11,17,20,25,28-30,51-53,57-58H,4-7,9-10,12-16,18-19,21-24,26-27,31-50H2,1-3H3,(H,56,59)/b11-8+,20-17+,29-28+,30-25+. The van der Waals surface area contributed by atoms with Gasteiger partial charge in [-0.05, 0) is 83.5 Å². The van der Waals surface area contributed by atoms with Crippen LogP contribution in [-0.4, -0.2) is 46.9 Å². The number of unbranched alkanes of at least 4 members (excludes halogenated alkanes) is 27. The van der Waals surface area contributed by atoms with Crippen molar-refractivity contribution in [1.82, 2.24) is 5.32 Å². The lowest BCUT2D eigenvalue weighted by molar-refractivity contribution is -0.151. The second-order valence-corrected chi connectivity index (χ2v) is 17.9. The molecule has 0 aliphatic rings. The summed E-state index contributed by atoms with van der Waals surface area (Å²) >= 11 is 0. The van der Waals surface area contributed by atoms with E-state index in [9.17, 15) is 19.8 Å². The summed E-state index contributed by atoms with van der Waals surface area (Å²) in [4.78, 5) is 26.1. The highest BCUT2D eigenvalue weighted by molar-refractivity contribution is 5.77. The van der Waals surface area contributed by atoms with Gasteiger partial charge in [-0.25, -0.2) is 0 Å². The van der Waals surface area contributed by atoms with Crippen molar-refractivity contribution in [2.24, 2.45) is 0 Å². The first kappa shape index (κ1) is 58.8. The minimum atomic E-state index is -0.794. The van der Waals surface area contributed by atoms with Crippen LogP contribution in [0.4, 0.5) is 0 Å². The maximum absolute atomic E-state index is 13.2. The number of hydrogen-bond donors (Lipinski definition) is 3. The van der Waals surface area contributed by atoms with Gasteiger partial charge in [-0.1, -0.05) is 217 Å². The molecule has 0 aliphatic heterocycles. The number of rotatable bonds is 47. The van der Waals surface area contributed by atoms with Crippen LogP contribution in [0.1, 0.15) is 265 Å². The summed E-state index contributed by atoms with van der Waals surface area (Å²) in [6, 6.07) is -0.709. The molecule has 6 heteroatoms. The summed E-state index contributed by atoms with van der Waals surface area (Å²) in [5, 5.41) is 23.7. The molecule has 0 saturated heterocycles. The Kier molecular flexibility index (Phi) is 47.1. The maximum atomic E-state index is 13.2. The van der Waals surface area contributed by atoms with Crippen molar-refractivity contribution in [3.8, 4) is 0 Å². The molecule has 0 rings (SSSR count). The van der Waals surface area contributed by atoms with E-state index in [4.69, 9.17) is 4.74 Å². The average molecular weight is 856 g/mol. The van der Waals surface area contributed by atoms with Crippen LogP contribution in [0.15, 0.2) is 48.6 Å². The molecule has 0 spiro atoms. The van der Waals surface area contributed by atoms with E-state index in [2.05, 4.69) is 74.7 Å². The lowest BCUT2D eigenvalue weighted by Gasteiger charge is -2.24. The lowest BCUT2D eigenvalue weighted by Crippen LogP contribution is -2.46. The molecule has 0 aromatic carbocycles. The van der Waals surface area contributed by atoms with Gasteiger partial charge in [-0.3, -0.25) is 9.59 Å². The third kappa shape index (κ3) is 44.2. The van der Waals surface area contributed by atoms with Crippen LogP contribution < -0.4 is 5.32 Å². The van der Waals surface area contributed by atoms with Crippen LogP contribution >= 0.6 is 0 Å². The van der Waals surface area contributed by atoms with E-state index in [1.807, 2.05) is 0 Å². The minimum Gasteiger partial charge on any atom is -0.462 e. The average Bonchev–Trinajstić information content (AvgIpc) is 3.25. The molecule has 3 atom stereocenters. The molecule has 0 saturated carbocycles. The third-order valence-electron chi connectivity index (χ3n) is 11.9. The zero-order valence-electron chi connectivity index (χ0n) is 40.5. The minimum absolute atomic E-state index is 0.0599. The number of ether oxygens (including phenoxy) is 1. The SMILES string of the molecule is CC/C=C/C/C=C/C/C=C/CCCCCCC(CC(=O)NC(CO)C(O)CCCCCCCCCCCC)OC(=O)CCCCCCC/C=C/CCCCCCCCCCC. The highest BCUT2D eigenvalue weighted by atomic mass is 16.5. The monoisotopic (exact) mass is 856 g/mol. The van der Waals surface area contributed by atoms with Crippen molar-refractivity contribution in [3.05, 3.63) is 48.6 Å². The molecule has 6 nitrogen and oxygen atoms in total. The van der Waals surface area contributed by atoms with E-state index < -0.39 is 18.2 Å². The van der Waals surface area contributed by atoms with Gasteiger partial charge in [0.1, 0.15) is 6.10 Å². The van der Waals surface area contributed by atoms with Crippen molar-refractivity contribution in [2.75, 3.05) is 6.61 Å². The number of aliphatic hydroxyl groups excluding tert-OH is 2. The second-order valence-electron chi connectivity index (χ2n) is 17.9. The zero-order valence-corrected chi connectivity index (χ0v) is 40.5. The van der Waals surface area contributed by atoms with Crippen LogP contribution in [0, 0.1) is 0 Å². The van der Waals surface area contributed by atoms with E-state index in [-0.39, 0.29) is 24.9 Å². The van der Waals surface area contributed by atoms with Gasteiger partial charge in [-0.2, -0.15) is 0 Å². The molecule has 0 aliphatic carbocycles. The van der Waals surface area contributed by atoms with Crippen LogP contribution in [0.2, 0.25) is 0 Å². The number of aliphatic hydroxyl groups is 2. The molecule has 0 aromatic heterocycles. The van der Waals surface area contributed by atoms with Gasteiger partial charge in [-0.15, -0.1) is 0 Å². The first-order valence-corrected chi connectivity index (χ1v) is 26.4. The smallest absolute Gasteiger partial charge is 0.306 e. The molecule has 3 unspecified atom stereocenters. The van der Waals surface area contributed by atoms with Crippen molar-refractivity contribution in [1.29, 1.82) is 0 Å². The normalized spacial score (nSPS) is 13.6. The number of hydrogen-bond acceptors (Lipinski definition) is 5. The Labute approximate surface area is 378 Å². The molecule has 0 heterocycles. The Morgan fingerprint density at radius 2 is 0.885 bits per heavy atom. The number of nitrogens with one attached hydrogen (secondary N) is 1. The molecule has 61 heavy (non-hydrogen) atoms. The largest absolute Gasteiger partial charge is 0.462 e. The number of amides is 1. The van der Waals surface area contributed by atoms with Crippen LogP contribution in [0.3, 0.4) is 0 Å². The van der Waals surface area contributed by atoms with E-state index in [1.165, 1.54) is 122 Å². The van der Waals surface area contributed by atoms with E-state index in [1.54, 1.807) is 0 Å². The number of allylic oxidation sites excluding steroid dienone is 8. The zero-order chi connectivity index (χ0) is 44.5. The molecular formula is C55H101NO5. The van der Waals surface area contributed by atoms with E-state index in [0.717, 1.165) is 96.3 Å². The van der Waals surface area contributed by atoms with Crippen LogP contribution in [0.5, 0.6) is 0 Å². The molecule has 0 fully saturated rings. The molecule has 3 N–H and O–H groups in total. The van der Waals surface area contributed by atoms with Crippen molar-refractivity contribution >= 4 is 11.9 Å². The lowest BCUT2D eigenvalue weighted by atomic mass is 10.0.